The van der Waals surface area contributed by atoms with Gasteiger partial charge in [-0.3, -0.25) is 4.79 Å². The van der Waals surface area contributed by atoms with Crippen molar-refractivity contribution in [3.63, 3.8) is 0 Å². The largest absolute Gasteiger partial charge is 0.496 e. The van der Waals surface area contributed by atoms with Gasteiger partial charge < -0.3 is 14.5 Å². The van der Waals surface area contributed by atoms with Crippen LogP contribution in [0.1, 0.15) is 51.3 Å². The Labute approximate surface area is 212 Å². The average Bonchev–Trinajstić information content (AvgIpc) is 2.87. The van der Waals surface area contributed by atoms with Crippen LogP contribution in [-0.4, -0.2) is 56.0 Å². The molecule has 182 valence electrons. The van der Waals surface area contributed by atoms with E-state index in [1.165, 1.54) is 38.9 Å². The lowest BCUT2D eigenvalue weighted by Crippen LogP contribution is -2.36. The molecule has 1 heterocycles. The SMILES string of the molecule is COc1cc2c(cc1C)C(CN(C)CCCN1CCc3cc(C)c(C)cc3CC1=O)C2.Cl.S. The molecule has 2 aromatic rings. The molecule has 1 unspecified atom stereocenters. The smallest absolute Gasteiger partial charge is 0.227 e. The Bertz CT molecular complexity index is 995. The molecular weight excluding hydrogens is 452 g/mol. The van der Waals surface area contributed by atoms with Gasteiger partial charge in [0.25, 0.3) is 0 Å². The topological polar surface area (TPSA) is 32.8 Å². The number of halogens is 1. The van der Waals surface area contributed by atoms with Gasteiger partial charge in [-0.2, -0.15) is 13.5 Å². The van der Waals surface area contributed by atoms with E-state index in [9.17, 15) is 4.79 Å². The molecule has 2 aliphatic rings. The predicted octanol–water partition coefficient (Wildman–Crippen LogP) is 4.74. The van der Waals surface area contributed by atoms with E-state index in [0.717, 1.165) is 51.2 Å². The zero-order chi connectivity index (χ0) is 22.1. The summed E-state index contributed by atoms with van der Waals surface area (Å²) in [5.74, 6) is 1.90. The number of amides is 1. The lowest BCUT2D eigenvalue weighted by molar-refractivity contribution is -0.130. The molecule has 4 nitrogen and oxygen atoms in total. The van der Waals surface area contributed by atoms with Crippen molar-refractivity contribution >= 4 is 31.8 Å². The summed E-state index contributed by atoms with van der Waals surface area (Å²) in [6, 6.07) is 9.00. The molecular formula is C27H39ClN2O2S. The summed E-state index contributed by atoms with van der Waals surface area (Å²) in [5, 5.41) is 0. The fourth-order valence-electron chi connectivity index (χ4n) is 5.16. The van der Waals surface area contributed by atoms with E-state index < -0.39 is 0 Å². The van der Waals surface area contributed by atoms with Crippen LogP contribution in [0.2, 0.25) is 0 Å². The van der Waals surface area contributed by atoms with Gasteiger partial charge in [0.2, 0.25) is 5.91 Å². The summed E-state index contributed by atoms with van der Waals surface area (Å²) in [6.45, 7) is 10.2. The molecule has 6 heteroatoms. The van der Waals surface area contributed by atoms with Crippen molar-refractivity contribution in [2.75, 3.05) is 40.3 Å². The Balaban J connectivity index is 0.00000193. The number of likely N-dealkylation sites (N-methyl/N-ethyl adjacent to an activating group) is 1. The summed E-state index contributed by atoms with van der Waals surface area (Å²) in [5.41, 5.74) is 9.33. The lowest BCUT2D eigenvalue weighted by Gasteiger charge is -2.34. The Morgan fingerprint density at radius 1 is 1.03 bits per heavy atom. The lowest BCUT2D eigenvalue weighted by atomic mass is 9.76. The van der Waals surface area contributed by atoms with E-state index in [0.29, 0.717) is 12.3 Å². The zero-order valence-corrected chi connectivity index (χ0v) is 22.5. The normalized spacial score (nSPS) is 16.7. The van der Waals surface area contributed by atoms with Crippen LogP contribution in [0, 0.1) is 20.8 Å². The van der Waals surface area contributed by atoms with Crippen molar-refractivity contribution in [3.05, 3.63) is 63.2 Å². The van der Waals surface area contributed by atoms with E-state index in [1.54, 1.807) is 7.11 Å². The highest BCUT2D eigenvalue weighted by Crippen LogP contribution is 2.39. The second-order valence-electron chi connectivity index (χ2n) is 9.55. The van der Waals surface area contributed by atoms with Gasteiger partial charge in [0, 0.05) is 25.6 Å². The molecule has 1 aliphatic heterocycles. The predicted molar refractivity (Wildman–Crippen MR) is 144 cm³/mol. The number of methoxy groups -OCH3 is 1. The Morgan fingerprint density at radius 3 is 2.42 bits per heavy atom. The Morgan fingerprint density at radius 2 is 1.73 bits per heavy atom. The average molecular weight is 491 g/mol. The first-order valence-corrected chi connectivity index (χ1v) is 11.6. The maximum atomic E-state index is 12.8. The summed E-state index contributed by atoms with van der Waals surface area (Å²) >= 11 is 0. The molecule has 0 fully saturated rings. The van der Waals surface area contributed by atoms with Crippen LogP contribution in [0.15, 0.2) is 24.3 Å². The van der Waals surface area contributed by atoms with E-state index in [2.05, 4.69) is 61.9 Å². The highest BCUT2D eigenvalue weighted by Gasteiger charge is 2.28. The number of fused-ring (bicyclic) bond motifs is 2. The van der Waals surface area contributed by atoms with Gasteiger partial charge >= 0.3 is 0 Å². The molecule has 0 spiro atoms. The van der Waals surface area contributed by atoms with Crippen molar-refractivity contribution in [3.8, 4) is 5.75 Å². The minimum atomic E-state index is 0. The van der Waals surface area contributed by atoms with E-state index >= 15 is 0 Å². The van der Waals surface area contributed by atoms with Gasteiger partial charge in [-0.1, -0.05) is 18.2 Å². The Hall–Kier alpha value is -1.69. The second-order valence-corrected chi connectivity index (χ2v) is 9.55. The number of hydrogen-bond donors (Lipinski definition) is 0. The van der Waals surface area contributed by atoms with Crippen molar-refractivity contribution in [1.82, 2.24) is 9.80 Å². The van der Waals surface area contributed by atoms with Crippen molar-refractivity contribution in [1.29, 1.82) is 0 Å². The highest BCUT2D eigenvalue weighted by atomic mass is 35.5. The van der Waals surface area contributed by atoms with Crippen LogP contribution in [-0.2, 0) is 24.1 Å². The monoisotopic (exact) mass is 490 g/mol. The fraction of sp³-hybridized carbons (Fsp3) is 0.519. The number of aryl methyl sites for hydroxylation is 3. The first-order valence-electron chi connectivity index (χ1n) is 11.6. The fourth-order valence-corrected chi connectivity index (χ4v) is 5.16. The molecule has 0 N–H and O–H groups in total. The third-order valence-corrected chi connectivity index (χ3v) is 7.22. The first kappa shape index (κ1) is 27.6. The van der Waals surface area contributed by atoms with Gasteiger partial charge in [0.05, 0.1) is 13.5 Å². The molecule has 2 aromatic carbocycles. The molecule has 0 bridgehead atoms. The number of carbonyl (C=O) groups is 1. The summed E-state index contributed by atoms with van der Waals surface area (Å²) in [6.07, 6.45) is 3.68. The quantitative estimate of drug-likeness (QED) is 0.561. The van der Waals surface area contributed by atoms with Crippen molar-refractivity contribution in [2.24, 2.45) is 0 Å². The summed E-state index contributed by atoms with van der Waals surface area (Å²) in [7, 11) is 3.95. The van der Waals surface area contributed by atoms with Crippen molar-refractivity contribution < 1.29 is 9.53 Å². The van der Waals surface area contributed by atoms with Crippen LogP contribution < -0.4 is 4.74 Å². The van der Waals surface area contributed by atoms with Gasteiger partial charge in [-0.05, 0) is 98.6 Å². The first-order chi connectivity index (χ1) is 14.9. The van der Waals surface area contributed by atoms with Gasteiger partial charge in [0.15, 0.2) is 0 Å². The van der Waals surface area contributed by atoms with Gasteiger partial charge in [-0.25, -0.2) is 0 Å². The van der Waals surface area contributed by atoms with Crippen LogP contribution in [0.5, 0.6) is 5.75 Å². The number of hydrogen-bond acceptors (Lipinski definition) is 3. The molecule has 0 radical (unpaired) electrons. The molecule has 1 aliphatic carbocycles. The maximum absolute atomic E-state index is 12.8. The third-order valence-electron chi connectivity index (χ3n) is 7.22. The van der Waals surface area contributed by atoms with Gasteiger partial charge in [-0.15, -0.1) is 12.4 Å². The van der Waals surface area contributed by atoms with Gasteiger partial charge in [0.1, 0.15) is 5.75 Å². The molecule has 4 rings (SSSR count). The molecule has 0 saturated heterocycles. The van der Waals surface area contributed by atoms with Crippen LogP contribution in [0.3, 0.4) is 0 Å². The molecule has 1 atom stereocenters. The zero-order valence-electron chi connectivity index (χ0n) is 20.7. The van der Waals surface area contributed by atoms with Crippen LogP contribution >= 0.6 is 25.9 Å². The van der Waals surface area contributed by atoms with E-state index in [1.807, 2.05) is 0 Å². The standard InChI is InChI=1S/C27H36N2O2.ClH.H2S/c1-18-11-21-7-10-29(27(30)16-22(21)12-19(18)2)9-6-8-28(4)17-24-14-23-15-26(31-5)20(3)13-25(23)24;;/h11-13,15,24H,6-10,14,16-17H2,1-5H3;1H;1H2. The second kappa shape index (κ2) is 11.6. The number of rotatable bonds is 7. The number of carbonyl (C=O) groups excluding carboxylic acids is 1. The van der Waals surface area contributed by atoms with E-state index in [4.69, 9.17) is 4.74 Å². The minimum absolute atomic E-state index is 0. The minimum Gasteiger partial charge on any atom is -0.496 e. The number of nitrogens with zero attached hydrogens (tertiary/aromatic N) is 2. The third kappa shape index (κ3) is 6.06. The van der Waals surface area contributed by atoms with E-state index in [-0.39, 0.29) is 31.8 Å². The summed E-state index contributed by atoms with van der Waals surface area (Å²) in [4.78, 5) is 17.3. The maximum Gasteiger partial charge on any atom is 0.227 e. The number of benzene rings is 2. The van der Waals surface area contributed by atoms with Crippen LogP contribution in [0.25, 0.3) is 0 Å². The summed E-state index contributed by atoms with van der Waals surface area (Å²) < 4.78 is 5.45. The highest BCUT2D eigenvalue weighted by molar-refractivity contribution is 7.59. The molecule has 0 saturated carbocycles. The van der Waals surface area contributed by atoms with Crippen molar-refractivity contribution in [2.45, 2.75) is 52.4 Å². The molecule has 1 amide bonds. The Kier molecular flexibility index (Phi) is 9.71. The molecule has 33 heavy (non-hydrogen) atoms. The number of ether oxygens (including phenoxy) is 1. The molecule has 0 aromatic heterocycles. The van der Waals surface area contributed by atoms with Crippen LogP contribution in [0.4, 0.5) is 0 Å².